The van der Waals surface area contributed by atoms with E-state index < -0.39 is 0 Å². The summed E-state index contributed by atoms with van der Waals surface area (Å²) in [5, 5.41) is 0. The van der Waals surface area contributed by atoms with Crippen LogP contribution in [0.15, 0.2) is 0 Å². The maximum atomic E-state index is 12.0. The number of nitrogens with zero attached hydrogens (tertiary/aromatic N) is 1. The molecule has 0 saturated carbocycles. The highest BCUT2D eigenvalue weighted by molar-refractivity contribution is 5.76. The van der Waals surface area contributed by atoms with Crippen LogP contribution in [0.3, 0.4) is 0 Å². The molecule has 0 aliphatic heterocycles. The van der Waals surface area contributed by atoms with Crippen molar-refractivity contribution < 1.29 is 4.79 Å². The summed E-state index contributed by atoms with van der Waals surface area (Å²) in [5.74, 6) is 1.23. The highest BCUT2D eigenvalue weighted by Gasteiger charge is 2.17. The van der Waals surface area contributed by atoms with Crippen LogP contribution >= 0.6 is 0 Å². The van der Waals surface area contributed by atoms with Crippen LogP contribution in [0.25, 0.3) is 0 Å². The van der Waals surface area contributed by atoms with Crippen molar-refractivity contribution in [2.24, 2.45) is 17.6 Å². The summed E-state index contributed by atoms with van der Waals surface area (Å²) in [6.45, 7) is 12.3. The van der Waals surface area contributed by atoms with Gasteiger partial charge in [0.2, 0.25) is 5.91 Å². The van der Waals surface area contributed by atoms with Gasteiger partial charge in [-0.05, 0) is 18.3 Å². The molecule has 2 N–H and O–H groups in total. The lowest BCUT2D eigenvalue weighted by molar-refractivity contribution is -0.132. The topological polar surface area (TPSA) is 46.3 Å². The molecule has 1 unspecified atom stereocenters. The SMILES string of the molecule is CCC(N)CC(=O)N(CC(C)C)CC(C)C. The standard InChI is InChI=1S/C13H28N2O/c1-6-12(14)7-13(16)15(8-10(2)3)9-11(4)5/h10-12H,6-9,14H2,1-5H3. The van der Waals surface area contributed by atoms with Gasteiger partial charge in [0.05, 0.1) is 0 Å². The number of carbonyl (C=O) groups excluding carboxylic acids is 1. The molecule has 0 heterocycles. The largest absolute Gasteiger partial charge is 0.342 e. The lowest BCUT2D eigenvalue weighted by atomic mass is 10.1. The average Bonchev–Trinajstić information content (AvgIpc) is 2.15. The Morgan fingerprint density at radius 1 is 1.12 bits per heavy atom. The van der Waals surface area contributed by atoms with Crippen LogP contribution in [0.2, 0.25) is 0 Å². The van der Waals surface area contributed by atoms with E-state index in [0.717, 1.165) is 19.5 Å². The summed E-state index contributed by atoms with van der Waals surface area (Å²) in [7, 11) is 0. The second-order valence-electron chi connectivity index (χ2n) is 5.46. The van der Waals surface area contributed by atoms with E-state index in [0.29, 0.717) is 18.3 Å². The summed E-state index contributed by atoms with van der Waals surface area (Å²) in [4.78, 5) is 14.0. The minimum atomic E-state index is 0.00863. The molecule has 0 aromatic carbocycles. The lowest BCUT2D eigenvalue weighted by Crippen LogP contribution is -2.39. The Bertz CT molecular complexity index is 192. The van der Waals surface area contributed by atoms with Crippen LogP contribution in [0.4, 0.5) is 0 Å². The molecule has 0 saturated heterocycles. The molecule has 0 radical (unpaired) electrons. The molecule has 0 rings (SSSR count). The average molecular weight is 228 g/mol. The van der Waals surface area contributed by atoms with Gasteiger partial charge in [-0.1, -0.05) is 34.6 Å². The third-order valence-electron chi connectivity index (χ3n) is 2.48. The normalized spacial score (nSPS) is 13.2. The van der Waals surface area contributed by atoms with Gasteiger partial charge in [-0.15, -0.1) is 0 Å². The number of carbonyl (C=O) groups is 1. The highest BCUT2D eigenvalue weighted by atomic mass is 16.2. The summed E-state index contributed by atoms with van der Waals surface area (Å²) < 4.78 is 0. The minimum absolute atomic E-state index is 0.00863. The predicted molar refractivity (Wildman–Crippen MR) is 69.1 cm³/mol. The number of amides is 1. The maximum absolute atomic E-state index is 12.0. The zero-order valence-corrected chi connectivity index (χ0v) is 11.5. The van der Waals surface area contributed by atoms with Crippen LogP contribution in [-0.4, -0.2) is 29.9 Å². The number of rotatable bonds is 7. The van der Waals surface area contributed by atoms with Gasteiger partial charge in [0.1, 0.15) is 0 Å². The fourth-order valence-electron chi connectivity index (χ4n) is 1.66. The van der Waals surface area contributed by atoms with Gasteiger partial charge in [-0.3, -0.25) is 4.79 Å². The Balaban J connectivity index is 4.31. The molecular formula is C13H28N2O. The van der Waals surface area contributed by atoms with Gasteiger partial charge >= 0.3 is 0 Å². The van der Waals surface area contributed by atoms with Crippen LogP contribution in [0, 0.1) is 11.8 Å². The van der Waals surface area contributed by atoms with Crippen LogP contribution in [0.1, 0.15) is 47.5 Å². The fraction of sp³-hybridized carbons (Fsp3) is 0.923. The third kappa shape index (κ3) is 6.83. The van der Waals surface area contributed by atoms with Gasteiger partial charge in [-0.25, -0.2) is 0 Å². The van der Waals surface area contributed by atoms with Crippen LogP contribution < -0.4 is 5.73 Å². The molecule has 0 fully saturated rings. The third-order valence-corrected chi connectivity index (χ3v) is 2.48. The molecule has 96 valence electrons. The van der Waals surface area contributed by atoms with Crippen molar-refractivity contribution in [3.05, 3.63) is 0 Å². The van der Waals surface area contributed by atoms with Crippen molar-refractivity contribution in [2.75, 3.05) is 13.1 Å². The zero-order chi connectivity index (χ0) is 12.7. The second kappa shape index (κ2) is 7.66. The minimum Gasteiger partial charge on any atom is -0.342 e. The highest BCUT2D eigenvalue weighted by Crippen LogP contribution is 2.07. The van der Waals surface area contributed by atoms with E-state index in [9.17, 15) is 4.79 Å². The van der Waals surface area contributed by atoms with E-state index in [2.05, 4.69) is 27.7 Å². The summed E-state index contributed by atoms with van der Waals surface area (Å²) in [6.07, 6.45) is 1.35. The van der Waals surface area contributed by atoms with E-state index in [1.165, 1.54) is 0 Å². The molecule has 1 amide bonds. The molecule has 0 aromatic rings. The quantitative estimate of drug-likeness (QED) is 0.726. The van der Waals surface area contributed by atoms with Gasteiger partial charge in [0.25, 0.3) is 0 Å². The Hall–Kier alpha value is -0.570. The van der Waals surface area contributed by atoms with Crippen molar-refractivity contribution in [2.45, 2.75) is 53.5 Å². The molecule has 3 heteroatoms. The monoisotopic (exact) mass is 228 g/mol. The van der Waals surface area contributed by atoms with E-state index in [-0.39, 0.29) is 11.9 Å². The number of hydrogen-bond acceptors (Lipinski definition) is 2. The van der Waals surface area contributed by atoms with Crippen molar-refractivity contribution in [1.29, 1.82) is 0 Å². The summed E-state index contributed by atoms with van der Waals surface area (Å²) in [5.41, 5.74) is 5.83. The second-order valence-corrected chi connectivity index (χ2v) is 5.46. The Morgan fingerprint density at radius 3 is 1.88 bits per heavy atom. The summed E-state index contributed by atoms with van der Waals surface area (Å²) in [6, 6.07) is 0.00863. The first-order chi connectivity index (χ1) is 7.36. The zero-order valence-electron chi connectivity index (χ0n) is 11.5. The van der Waals surface area contributed by atoms with E-state index >= 15 is 0 Å². The number of hydrogen-bond donors (Lipinski definition) is 1. The Morgan fingerprint density at radius 2 is 1.56 bits per heavy atom. The molecule has 1 atom stereocenters. The predicted octanol–water partition coefficient (Wildman–Crippen LogP) is 2.25. The molecule has 0 aliphatic carbocycles. The Kier molecular flexibility index (Phi) is 7.39. The Labute approximate surface area is 100 Å². The molecule has 16 heavy (non-hydrogen) atoms. The van der Waals surface area contributed by atoms with Gasteiger partial charge < -0.3 is 10.6 Å². The fourth-order valence-corrected chi connectivity index (χ4v) is 1.66. The first kappa shape index (κ1) is 15.4. The molecule has 0 spiro atoms. The van der Waals surface area contributed by atoms with Crippen LogP contribution in [0.5, 0.6) is 0 Å². The molecule has 3 nitrogen and oxygen atoms in total. The van der Waals surface area contributed by atoms with E-state index in [1.54, 1.807) is 0 Å². The van der Waals surface area contributed by atoms with Crippen molar-refractivity contribution in [3.63, 3.8) is 0 Å². The first-order valence-electron chi connectivity index (χ1n) is 6.40. The van der Waals surface area contributed by atoms with Gasteiger partial charge in [0.15, 0.2) is 0 Å². The number of nitrogens with two attached hydrogens (primary N) is 1. The van der Waals surface area contributed by atoms with Gasteiger partial charge in [0, 0.05) is 25.6 Å². The van der Waals surface area contributed by atoms with E-state index in [1.807, 2.05) is 11.8 Å². The van der Waals surface area contributed by atoms with Gasteiger partial charge in [-0.2, -0.15) is 0 Å². The lowest BCUT2D eigenvalue weighted by Gasteiger charge is -2.27. The molecule has 0 aliphatic rings. The van der Waals surface area contributed by atoms with Crippen molar-refractivity contribution >= 4 is 5.91 Å². The molecule has 0 aromatic heterocycles. The van der Waals surface area contributed by atoms with Crippen molar-refractivity contribution in [1.82, 2.24) is 4.90 Å². The molecular weight excluding hydrogens is 200 g/mol. The van der Waals surface area contributed by atoms with Crippen molar-refractivity contribution in [3.8, 4) is 0 Å². The van der Waals surface area contributed by atoms with E-state index in [4.69, 9.17) is 5.73 Å². The maximum Gasteiger partial charge on any atom is 0.224 e. The summed E-state index contributed by atoms with van der Waals surface area (Å²) >= 11 is 0. The van der Waals surface area contributed by atoms with Crippen LogP contribution in [-0.2, 0) is 4.79 Å². The smallest absolute Gasteiger partial charge is 0.224 e. The molecule has 0 bridgehead atoms. The first-order valence-corrected chi connectivity index (χ1v) is 6.40.